The minimum Gasteiger partial charge on any atom is -0.328 e. The fourth-order valence-corrected chi connectivity index (χ4v) is 3.21. The zero-order chi connectivity index (χ0) is 13.8. The van der Waals surface area contributed by atoms with E-state index in [9.17, 15) is 0 Å². The summed E-state index contributed by atoms with van der Waals surface area (Å²) >= 11 is 14.0. The molecule has 1 unspecified atom stereocenters. The Hall–Kier alpha value is -0.670. The third kappa shape index (κ3) is 4.15. The zero-order valence-corrected chi connectivity index (χ0v) is 12.9. The van der Waals surface area contributed by atoms with Crippen LogP contribution in [-0.2, 0) is 6.42 Å². The van der Waals surface area contributed by atoms with Crippen molar-refractivity contribution in [2.45, 2.75) is 29.2 Å². The van der Waals surface area contributed by atoms with Crippen LogP contribution in [0.25, 0.3) is 0 Å². The van der Waals surface area contributed by atoms with Gasteiger partial charge < -0.3 is 5.73 Å². The Balaban J connectivity index is 2.19. The van der Waals surface area contributed by atoms with E-state index in [1.807, 2.05) is 43.3 Å². The van der Waals surface area contributed by atoms with Crippen molar-refractivity contribution in [2.24, 2.45) is 5.73 Å². The van der Waals surface area contributed by atoms with E-state index in [1.165, 1.54) is 0 Å². The van der Waals surface area contributed by atoms with Crippen LogP contribution >= 0.6 is 35.0 Å². The van der Waals surface area contributed by atoms with Gasteiger partial charge in [-0.05, 0) is 43.2 Å². The van der Waals surface area contributed by atoms with Gasteiger partial charge in [0.05, 0.1) is 5.02 Å². The standard InChI is InChI=1S/C15H15Cl2NS/c1-10(18)8-11-6-7-12(9-14(11)17)19-15-5-3-2-4-13(15)16/h2-7,9-10H,8,18H2,1H3. The highest BCUT2D eigenvalue weighted by molar-refractivity contribution is 7.99. The Kier molecular flexibility index (Phi) is 5.17. The molecule has 0 fully saturated rings. The topological polar surface area (TPSA) is 26.0 Å². The van der Waals surface area contributed by atoms with Gasteiger partial charge in [-0.2, -0.15) is 0 Å². The minimum atomic E-state index is 0.111. The van der Waals surface area contributed by atoms with Crippen molar-refractivity contribution in [3.8, 4) is 0 Å². The number of nitrogens with two attached hydrogens (primary N) is 1. The predicted molar refractivity (Wildman–Crippen MR) is 84.4 cm³/mol. The summed E-state index contributed by atoms with van der Waals surface area (Å²) in [6, 6.07) is 13.9. The van der Waals surface area contributed by atoms with E-state index in [4.69, 9.17) is 28.9 Å². The van der Waals surface area contributed by atoms with Crippen LogP contribution in [0.1, 0.15) is 12.5 Å². The molecule has 0 aromatic heterocycles. The van der Waals surface area contributed by atoms with Crippen LogP contribution < -0.4 is 5.73 Å². The van der Waals surface area contributed by atoms with Gasteiger partial charge in [-0.3, -0.25) is 0 Å². The van der Waals surface area contributed by atoms with Crippen molar-refractivity contribution >= 4 is 35.0 Å². The molecule has 0 radical (unpaired) electrons. The van der Waals surface area contributed by atoms with E-state index in [0.29, 0.717) is 0 Å². The molecule has 0 saturated carbocycles. The monoisotopic (exact) mass is 311 g/mol. The first-order valence-electron chi connectivity index (χ1n) is 6.02. The van der Waals surface area contributed by atoms with Gasteiger partial charge in [0.2, 0.25) is 0 Å². The summed E-state index contributed by atoms with van der Waals surface area (Å²) in [5.41, 5.74) is 6.88. The lowest BCUT2D eigenvalue weighted by Gasteiger charge is -2.09. The molecule has 1 nitrogen and oxygen atoms in total. The summed E-state index contributed by atoms with van der Waals surface area (Å²) < 4.78 is 0. The molecule has 2 aromatic carbocycles. The van der Waals surface area contributed by atoms with Gasteiger partial charge in [0, 0.05) is 20.9 Å². The second-order valence-electron chi connectivity index (χ2n) is 4.47. The van der Waals surface area contributed by atoms with Crippen molar-refractivity contribution in [2.75, 3.05) is 0 Å². The van der Waals surface area contributed by atoms with E-state index in [2.05, 4.69) is 6.07 Å². The lowest BCUT2D eigenvalue weighted by Crippen LogP contribution is -2.17. The molecule has 0 aliphatic rings. The first kappa shape index (κ1) is 14.7. The normalized spacial score (nSPS) is 12.4. The highest BCUT2D eigenvalue weighted by Gasteiger charge is 2.07. The van der Waals surface area contributed by atoms with Crippen molar-refractivity contribution in [3.63, 3.8) is 0 Å². The van der Waals surface area contributed by atoms with Crippen LogP contribution in [0.3, 0.4) is 0 Å². The molecule has 0 saturated heterocycles. The molecule has 0 heterocycles. The summed E-state index contributed by atoms with van der Waals surface area (Å²) in [6.07, 6.45) is 0.788. The van der Waals surface area contributed by atoms with Crippen LogP contribution in [0.4, 0.5) is 0 Å². The van der Waals surface area contributed by atoms with Crippen LogP contribution in [0, 0.1) is 0 Å². The van der Waals surface area contributed by atoms with Crippen molar-refractivity contribution < 1.29 is 0 Å². The molecule has 0 amide bonds. The first-order chi connectivity index (χ1) is 9.06. The average molecular weight is 312 g/mol. The molecule has 0 bridgehead atoms. The Morgan fingerprint density at radius 2 is 1.84 bits per heavy atom. The van der Waals surface area contributed by atoms with Crippen molar-refractivity contribution in [1.29, 1.82) is 0 Å². The zero-order valence-electron chi connectivity index (χ0n) is 10.6. The molecule has 0 spiro atoms. The highest BCUT2D eigenvalue weighted by atomic mass is 35.5. The molecule has 100 valence electrons. The predicted octanol–water partition coefficient (Wildman–Crippen LogP) is 5.03. The maximum atomic E-state index is 6.28. The van der Waals surface area contributed by atoms with Crippen LogP contribution in [0.15, 0.2) is 52.3 Å². The Labute approximate surface area is 128 Å². The summed E-state index contributed by atoms with van der Waals surface area (Å²) in [7, 11) is 0. The summed E-state index contributed by atoms with van der Waals surface area (Å²) in [5, 5.41) is 1.51. The molecule has 2 aromatic rings. The molecule has 4 heteroatoms. The third-order valence-corrected chi connectivity index (χ3v) is 4.49. The molecule has 19 heavy (non-hydrogen) atoms. The molecule has 2 N–H and O–H groups in total. The maximum absolute atomic E-state index is 6.28. The van der Waals surface area contributed by atoms with Crippen LogP contribution in [0.2, 0.25) is 10.0 Å². The maximum Gasteiger partial charge on any atom is 0.0545 e. The van der Waals surface area contributed by atoms with E-state index in [0.717, 1.165) is 31.8 Å². The van der Waals surface area contributed by atoms with E-state index in [1.54, 1.807) is 11.8 Å². The summed E-state index contributed by atoms with van der Waals surface area (Å²) in [4.78, 5) is 2.10. The van der Waals surface area contributed by atoms with E-state index < -0.39 is 0 Å². The van der Waals surface area contributed by atoms with Crippen LogP contribution in [-0.4, -0.2) is 6.04 Å². The second-order valence-corrected chi connectivity index (χ2v) is 6.40. The molecule has 0 aliphatic heterocycles. The number of halogens is 2. The molecule has 1 atom stereocenters. The van der Waals surface area contributed by atoms with Crippen molar-refractivity contribution in [3.05, 3.63) is 58.1 Å². The Morgan fingerprint density at radius 3 is 2.47 bits per heavy atom. The number of hydrogen-bond acceptors (Lipinski definition) is 2. The SMILES string of the molecule is CC(N)Cc1ccc(Sc2ccccc2Cl)cc1Cl. The quantitative estimate of drug-likeness (QED) is 0.856. The molecular weight excluding hydrogens is 297 g/mol. The van der Waals surface area contributed by atoms with Gasteiger partial charge >= 0.3 is 0 Å². The fourth-order valence-electron chi connectivity index (χ4n) is 1.76. The molecule has 2 rings (SSSR count). The number of hydrogen-bond donors (Lipinski definition) is 1. The largest absolute Gasteiger partial charge is 0.328 e. The number of rotatable bonds is 4. The molecule has 0 aliphatic carbocycles. The second kappa shape index (κ2) is 6.67. The van der Waals surface area contributed by atoms with Gasteiger partial charge in [-0.25, -0.2) is 0 Å². The van der Waals surface area contributed by atoms with Gasteiger partial charge in [-0.1, -0.05) is 53.2 Å². The molecular formula is C15H15Cl2NS. The van der Waals surface area contributed by atoms with Gasteiger partial charge in [-0.15, -0.1) is 0 Å². The van der Waals surface area contributed by atoms with Crippen LogP contribution in [0.5, 0.6) is 0 Å². The Bertz CT molecular complexity index is 570. The van der Waals surface area contributed by atoms with Gasteiger partial charge in [0.1, 0.15) is 0 Å². The summed E-state index contributed by atoms with van der Waals surface area (Å²) in [5.74, 6) is 0. The average Bonchev–Trinajstić information content (AvgIpc) is 2.35. The van der Waals surface area contributed by atoms with Gasteiger partial charge in [0.15, 0.2) is 0 Å². The van der Waals surface area contributed by atoms with Gasteiger partial charge in [0.25, 0.3) is 0 Å². The fraction of sp³-hybridized carbons (Fsp3) is 0.200. The highest BCUT2D eigenvalue weighted by Crippen LogP contribution is 2.35. The smallest absolute Gasteiger partial charge is 0.0545 e. The first-order valence-corrected chi connectivity index (χ1v) is 7.60. The van der Waals surface area contributed by atoms with E-state index in [-0.39, 0.29) is 6.04 Å². The van der Waals surface area contributed by atoms with E-state index >= 15 is 0 Å². The lowest BCUT2D eigenvalue weighted by molar-refractivity contribution is 0.738. The number of benzene rings is 2. The third-order valence-electron chi connectivity index (χ3n) is 2.63. The summed E-state index contributed by atoms with van der Waals surface area (Å²) in [6.45, 7) is 1.97. The van der Waals surface area contributed by atoms with Crippen molar-refractivity contribution in [1.82, 2.24) is 0 Å². The Morgan fingerprint density at radius 1 is 1.11 bits per heavy atom. The minimum absolute atomic E-state index is 0.111. The lowest BCUT2D eigenvalue weighted by atomic mass is 10.1.